The van der Waals surface area contributed by atoms with Crippen molar-refractivity contribution in [2.24, 2.45) is 0 Å². The zero-order valence-electron chi connectivity index (χ0n) is 13.4. The number of carbonyl (C=O) groups excluding carboxylic acids is 2. The molecule has 2 aromatic rings. The van der Waals surface area contributed by atoms with Gasteiger partial charge in [-0.2, -0.15) is 0 Å². The maximum Gasteiger partial charge on any atom is 0.330 e. The van der Waals surface area contributed by atoms with Crippen LogP contribution in [-0.2, 0) is 9.22 Å². The average molecular weight is 403 g/mol. The molecule has 24 heavy (non-hydrogen) atoms. The van der Waals surface area contributed by atoms with Gasteiger partial charge in [0.05, 0.1) is 9.90 Å². The lowest BCUT2D eigenvalue weighted by Gasteiger charge is -2.18. The SMILES string of the molecule is C[Si](C)(C)OC(=O)COc1ccc(C(=O)c2cccs2)c(Cl)c1Cl. The number of thiophene rings is 1. The molecule has 0 aliphatic carbocycles. The van der Waals surface area contributed by atoms with Gasteiger partial charge in [-0.3, -0.25) is 4.79 Å². The zero-order chi connectivity index (χ0) is 17.9. The molecule has 0 fully saturated rings. The van der Waals surface area contributed by atoms with Crippen LogP contribution in [0, 0.1) is 0 Å². The maximum absolute atomic E-state index is 12.4. The highest BCUT2D eigenvalue weighted by molar-refractivity contribution is 7.12. The van der Waals surface area contributed by atoms with Gasteiger partial charge in [0.2, 0.25) is 14.1 Å². The highest BCUT2D eigenvalue weighted by Crippen LogP contribution is 2.36. The van der Waals surface area contributed by atoms with E-state index >= 15 is 0 Å². The number of hydrogen-bond acceptors (Lipinski definition) is 5. The van der Waals surface area contributed by atoms with E-state index in [0.29, 0.717) is 10.4 Å². The van der Waals surface area contributed by atoms with Gasteiger partial charge in [0.1, 0.15) is 10.8 Å². The van der Waals surface area contributed by atoms with E-state index < -0.39 is 14.3 Å². The van der Waals surface area contributed by atoms with Gasteiger partial charge in [-0.15, -0.1) is 11.3 Å². The molecule has 0 unspecified atom stereocenters. The number of carbonyl (C=O) groups is 2. The zero-order valence-corrected chi connectivity index (χ0v) is 16.7. The lowest BCUT2D eigenvalue weighted by molar-refractivity contribution is -0.137. The molecular formula is C16H16Cl2O4SSi. The molecule has 0 amide bonds. The third-order valence-corrected chi connectivity index (χ3v) is 5.38. The normalized spacial score (nSPS) is 11.2. The highest BCUT2D eigenvalue weighted by atomic mass is 35.5. The van der Waals surface area contributed by atoms with Gasteiger partial charge in [0, 0.05) is 5.56 Å². The first-order valence-corrected chi connectivity index (χ1v) is 12.1. The highest BCUT2D eigenvalue weighted by Gasteiger charge is 2.22. The van der Waals surface area contributed by atoms with Crippen LogP contribution in [0.3, 0.4) is 0 Å². The van der Waals surface area contributed by atoms with Crippen molar-refractivity contribution in [3.8, 4) is 5.75 Å². The lowest BCUT2D eigenvalue weighted by atomic mass is 10.1. The third-order valence-electron chi connectivity index (χ3n) is 2.80. The molecule has 0 atom stereocenters. The fraction of sp³-hybridized carbons (Fsp3) is 0.250. The van der Waals surface area contributed by atoms with Crippen LogP contribution in [0.4, 0.5) is 0 Å². The minimum absolute atomic E-state index is 0.0971. The van der Waals surface area contributed by atoms with Crippen molar-refractivity contribution in [1.29, 1.82) is 0 Å². The first kappa shape index (κ1) is 19.0. The molecule has 0 bridgehead atoms. The Kier molecular flexibility index (Phi) is 6.09. The molecule has 0 saturated carbocycles. The summed E-state index contributed by atoms with van der Waals surface area (Å²) in [6, 6.07) is 6.56. The molecule has 0 aliphatic heterocycles. The Labute approximate surface area is 155 Å². The van der Waals surface area contributed by atoms with Crippen molar-refractivity contribution in [2.45, 2.75) is 19.6 Å². The lowest BCUT2D eigenvalue weighted by Crippen LogP contribution is -2.31. The summed E-state index contributed by atoms with van der Waals surface area (Å²) in [7, 11) is -1.97. The van der Waals surface area contributed by atoms with Crippen LogP contribution < -0.4 is 4.74 Å². The second-order valence-electron chi connectivity index (χ2n) is 5.92. The first-order chi connectivity index (χ1) is 11.2. The van der Waals surface area contributed by atoms with E-state index in [-0.39, 0.29) is 28.2 Å². The Bertz CT molecular complexity index is 754. The predicted molar refractivity (Wildman–Crippen MR) is 99.1 cm³/mol. The van der Waals surface area contributed by atoms with E-state index in [1.165, 1.54) is 23.5 Å². The van der Waals surface area contributed by atoms with Gasteiger partial charge >= 0.3 is 5.97 Å². The molecule has 0 saturated heterocycles. The third kappa shape index (κ3) is 4.83. The number of hydrogen-bond donors (Lipinski definition) is 0. The molecule has 1 aromatic carbocycles. The van der Waals surface area contributed by atoms with Crippen molar-refractivity contribution in [3.63, 3.8) is 0 Å². The summed E-state index contributed by atoms with van der Waals surface area (Å²) in [5, 5.41) is 2.01. The fourth-order valence-electron chi connectivity index (χ4n) is 1.87. The van der Waals surface area contributed by atoms with Crippen LogP contribution in [0.1, 0.15) is 15.2 Å². The van der Waals surface area contributed by atoms with E-state index in [1.807, 2.05) is 25.0 Å². The molecule has 4 nitrogen and oxygen atoms in total. The minimum atomic E-state index is -1.97. The molecule has 2 rings (SSSR count). The van der Waals surface area contributed by atoms with Gasteiger partial charge in [-0.05, 0) is 43.2 Å². The number of benzene rings is 1. The summed E-state index contributed by atoms with van der Waals surface area (Å²) < 4.78 is 10.7. The number of halogens is 2. The van der Waals surface area contributed by atoms with Crippen LogP contribution in [0.25, 0.3) is 0 Å². The van der Waals surface area contributed by atoms with Crippen molar-refractivity contribution >= 4 is 54.6 Å². The molecule has 0 spiro atoms. The van der Waals surface area contributed by atoms with Gasteiger partial charge in [0.15, 0.2) is 6.61 Å². The van der Waals surface area contributed by atoms with Crippen LogP contribution >= 0.6 is 34.5 Å². The average Bonchev–Trinajstić information content (AvgIpc) is 3.00. The van der Waals surface area contributed by atoms with Crippen LogP contribution in [0.5, 0.6) is 5.75 Å². The standard InChI is InChI=1S/C16H16Cl2O4SSi/c1-24(2,3)22-13(19)9-21-11-7-6-10(14(17)15(11)18)16(20)12-5-4-8-23-12/h4-8H,9H2,1-3H3. The van der Waals surface area contributed by atoms with Crippen molar-refractivity contribution in [2.75, 3.05) is 6.61 Å². The smallest absolute Gasteiger partial charge is 0.330 e. The Morgan fingerprint density at radius 3 is 2.42 bits per heavy atom. The quantitative estimate of drug-likeness (QED) is 0.501. The van der Waals surface area contributed by atoms with E-state index in [1.54, 1.807) is 12.1 Å². The van der Waals surface area contributed by atoms with Gasteiger partial charge in [-0.25, -0.2) is 4.79 Å². The Morgan fingerprint density at radius 1 is 1.12 bits per heavy atom. The Balaban J connectivity index is 2.13. The van der Waals surface area contributed by atoms with Crippen molar-refractivity contribution < 1.29 is 18.8 Å². The van der Waals surface area contributed by atoms with E-state index in [4.69, 9.17) is 32.4 Å². The van der Waals surface area contributed by atoms with Crippen molar-refractivity contribution in [1.82, 2.24) is 0 Å². The fourth-order valence-corrected chi connectivity index (χ4v) is 3.75. The summed E-state index contributed by atoms with van der Waals surface area (Å²) in [6.45, 7) is 5.44. The molecule has 128 valence electrons. The van der Waals surface area contributed by atoms with E-state index in [2.05, 4.69) is 0 Å². The van der Waals surface area contributed by atoms with E-state index in [9.17, 15) is 9.59 Å². The molecular weight excluding hydrogens is 387 g/mol. The second kappa shape index (κ2) is 7.69. The molecule has 0 N–H and O–H groups in total. The topological polar surface area (TPSA) is 52.6 Å². The largest absolute Gasteiger partial charge is 0.517 e. The van der Waals surface area contributed by atoms with Crippen molar-refractivity contribution in [3.05, 3.63) is 50.1 Å². The van der Waals surface area contributed by atoms with Gasteiger partial charge in [0.25, 0.3) is 0 Å². The Morgan fingerprint density at radius 2 is 1.83 bits per heavy atom. The summed E-state index contributed by atoms with van der Waals surface area (Å²) in [4.78, 5) is 24.7. The second-order valence-corrected chi connectivity index (χ2v) is 12.1. The number of ether oxygens (including phenoxy) is 1. The molecule has 0 aliphatic rings. The summed E-state index contributed by atoms with van der Waals surface area (Å²) in [5.41, 5.74) is 0.293. The van der Waals surface area contributed by atoms with Crippen LogP contribution in [0.2, 0.25) is 29.7 Å². The number of rotatable bonds is 6. The molecule has 0 radical (unpaired) electrons. The predicted octanol–water partition coefficient (Wildman–Crippen LogP) is 5.04. The van der Waals surface area contributed by atoms with E-state index in [0.717, 1.165) is 0 Å². The minimum Gasteiger partial charge on any atom is -0.517 e. The van der Waals surface area contributed by atoms with Crippen LogP contribution in [-0.4, -0.2) is 26.7 Å². The Hall–Kier alpha value is -1.34. The van der Waals surface area contributed by atoms with Gasteiger partial charge < -0.3 is 9.16 Å². The summed E-state index contributed by atoms with van der Waals surface area (Å²) >= 11 is 13.7. The number of ketones is 1. The molecule has 8 heteroatoms. The monoisotopic (exact) mass is 402 g/mol. The van der Waals surface area contributed by atoms with Gasteiger partial charge in [-0.1, -0.05) is 29.3 Å². The summed E-state index contributed by atoms with van der Waals surface area (Å²) in [5.74, 6) is -0.432. The molecule has 1 aromatic heterocycles. The summed E-state index contributed by atoms with van der Waals surface area (Å²) in [6.07, 6.45) is 0. The molecule has 1 heterocycles. The first-order valence-electron chi connectivity index (χ1n) is 7.10. The maximum atomic E-state index is 12.4. The van der Waals surface area contributed by atoms with Crippen LogP contribution in [0.15, 0.2) is 29.6 Å².